The molecule has 1 atom stereocenters. The SMILES string of the molecule is CC(CO)(CCOc1ccc(F)cc1)NC1CC1. The smallest absolute Gasteiger partial charge is 0.123 e. The van der Waals surface area contributed by atoms with Crippen molar-refractivity contribution in [3.8, 4) is 5.75 Å². The number of nitrogens with one attached hydrogen (secondary N) is 1. The van der Waals surface area contributed by atoms with Gasteiger partial charge in [0.15, 0.2) is 0 Å². The van der Waals surface area contributed by atoms with E-state index < -0.39 is 0 Å². The molecule has 1 aliphatic carbocycles. The zero-order valence-corrected chi connectivity index (χ0v) is 10.7. The molecule has 18 heavy (non-hydrogen) atoms. The van der Waals surface area contributed by atoms with Gasteiger partial charge in [-0.25, -0.2) is 4.39 Å². The summed E-state index contributed by atoms with van der Waals surface area (Å²) in [4.78, 5) is 0. The highest BCUT2D eigenvalue weighted by Crippen LogP contribution is 2.24. The summed E-state index contributed by atoms with van der Waals surface area (Å²) in [6.07, 6.45) is 3.10. The Balaban J connectivity index is 1.77. The first kappa shape index (κ1) is 13.3. The van der Waals surface area contributed by atoms with Crippen molar-refractivity contribution in [2.24, 2.45) is 0 Å². The average Bonchev–Trinajstić information content (AvgIpc) is 3.15. The van der Waals surface area contributed by atoms with Gasteiger partial charge in [-0.05, 0) is 44.0 Å². The van der Waals surface area contributed by atoms with Crippen LogP contribution in [0.25, 0.3) is 0 Å². The van der Waals surface area contributed by atoms with Crippen LogP contribution < -0.4 is 10.1 Å². The van der Waals surface area contributed by atoms with Crippen molar-refractivity contribution < 1.29 is 14.2 Å². The van der Waals surface area contributed by atoms with E-state index in [4.69, 9.17) is 4.74 Å². The van der Waals surface area contributed by atoms with Crippen molar-refractivity contribution >= 4 is 0 Å². The van der Waals surface area contributed by atoms with Crippen molar-refractivity contribution in [3.63, 3.8) is 0 Å². The highest BCUT2D eigenvalue weighted by Gasteiger charge is 2.31. The first-order valence-corrected chi connectivity index (χ1v) is 6.38. The molecular weight excluding hydrogens is 233 g/mol. The molecule has 0 heterocycles. The molecule has 3 nitrogen and oxygen atoms in total. The number of ether oxygens (including phenoxy) is 1. The van der Waals surface area contributed by atoms with E-state index in [0.29, 0.717) is 18.4 Å². The van der Waals surface area contributed by atoms with Crippen LogP contribution >= 0.6 is 0 Å². The van der Waals surface area contributed by atoms with Gasteiger partial charge in [0.1, 0.15) is 11.6 Å². The third kappa shape index (κ3) is 3.96. The lowest BCUT2D eigenvalue weighted by Gasteiger charge is -2.28. The Morgan fingerprint density at radius 3 is 2.61 bits per heavy atom. The maximum absolute atomic E-state index is 12.7. The Morgan fingerprint density at radius 1 is 1.39 bits per heavy atom. The van der Waals surface area contributed by atoms with Crippen molar-refractivity contribution in [1.82, 2.24) is 5.32 Å². The maximum Gasteiger partial charge on any atom is 0.123 e. The Bertz CT molecular complexity index is 378. The van der Waals surface area contributed by atoms with Gasteiger partial charge in [-0.2, -0.15) is 0 Å². The standard InChI is InChI=1S/C14H20FNO2/c1-14(10-17,16-12-4-5-12)8-9-18-13-6-2-11(15)3-7-13/h2-3,6-7,12,16-17H,4-5,8-10H2,1H3. The lowest BCUT2D eigenvalue weighted by molar-refractivity contribution is 0.142. The minimum Gasteiger partial charge on any atom is -0.494 e. The van der Waals surface area contributed by atoms with Gasteiger partial charge in [0.05, 0.1) is 13.2 Å². The molecule has 0 spiro atoms. The van der Waals surface area contributed by atoms with E-state index in [9.17, 15) is 9.50 Å². The number of aliphatic hydroxyl groups excluding tert-OH is 1. The molecule has 1 aromatic carbocycles. The predicted octanol–water partition coefficient (Wildman–Crippen LogP) is 2.10. The Hall–Kier alpha value is -1.13. The molecule has 1 unspecified atom stereocenters. The fourth-order valence-electron chi connectivity index (χ4n) is 1.84. The van der Waals surface area contributed by atoms with Crippen LogP contribution in [0.4, 0.5) is 4.39 Å². The number of benzene rings is 1. The molecule has 0 amide bonds. The Labute approximate surface area is 107 Å². The average molecular weight is 253 g/mol. The summed E-state index contributed by atoms with van der Waals surface area (Å²) < 4.78 is 18.2. The third-order valence-corrected chi connectivity index (χ3v) is 3.22. The fourth-order valence-corrected chi connectivity index (χ4v) is 1.84. The van der Waals surface area contributed by atoms with Crippen LogP contribution in [0.15, 0.2) is 24.3 Å². The van der Waals surface area contributed by atoms with Crippen molar-refractivity contribution in [2.75, 3.05) is 13.2 Å². The van der Waals surface area contributed by atoms with Crippen LogP contribution in [-0.4, -0.2) is 29.9 Å². The molecule has 2 N–H and O–H groups in total. The van der Waals surface area contributed by atoms with E-state index in [2.05, 4.69) is 5.32 Å². The number of hydrogen-bond donors (Lipinski definition) is 2. The largest absolute Gasteiger partial charge is 0.494 e. The first-order valence-electron chi connectivity index (χ1n) is 6.38. The van der Waals surface area contributed by atoms with Crippen LogP contribution in [0.1, 0.15) is 26.2 Å². The van der Waals surface area contributed by atoms with Gasteiger partial charge in [-0.15, -0.1) is 0 Å². The van der Waals surface area contributed by atoms with Crippen molar-refractivity contribution in [3.05, 3.63) is 30.1 Å². The minimum atomic E-state index is -0.290. The minimum absolute atomic E-state index is 0.0935. The van der Waals surface area contributed by atoms with Gasteiger partial charge < -0.3 is 15.2 Å². The van der Waals surface area contributed by atoms with Crippen LogP contribution in [0, 0.1) is 5.82 Å². The molecule has 2 rings (SSSR count). The van der Waals surface area contributed by atoms with E-state index >= 15 is 0 Å². The molecule has 1 aliphatic rings. The summed E-state index contributed by atoms with van der Waals surface area (Å²) in [6.45, 7) is 2.60. The molecule has 1 saturated carbocycles. The first-order chi connectivity index (χ1) is 8.61. The summed E-state index contributed by atoms with van der Waals surface area (Å²) >= 11 is 0. The second kappa shape index (κ2) is 5.67. The van der Waals surface area contributed by atoms with Gasteiger partial charge in [0.25, 0.3) is 0 Å². The summed E-state index contributed by atoms with van der Waals surface area (Å²) in [5.74, 6) is 0.390. The van der Waals surface area contributed by atoms with E-state index in [1.165, 1.54) is 25.0 Å². The second-order valence-electron chi connectivity index (χ2n) is 5.19. The predicted molar refractivity (Wildman–Crippen MR) is 68.2 cm³/mol. The van der Waals surface area contributed by atoms with Crippen LogP contribution in [-0.2, 0) is 0 Å². The summed E-state index contributed by atoms with van der Waals surface area (Å²) in [5, 5.41) is 12.9. The molecule has 1 aromatic rings. The molecule has 0 radical (unpaired) electrons. The fraction of sp³-hybridized carbons (Fsp3) is 0.571. The number of aliphatic hydroxyl groups is 1. The summed E-state index contributed by atoms with van der Waals surface area (Å²) in [6, 6.07) is 6.53. The number of rotatable bonds is 7. The van der Waals surface area contributed by atoms with E-state index in [0.717, 1.165) is 6.42 Å². The van der Waals surface area contributed by atoms with Crippen LogP contribution in [0.2, 0.25) is 0 Å². The number of hydrogen-bond acceptors (Lipinski definition) is 3. The second-order valence-corrected chi connectivity index (χ2v) is 5.19. The van der Waals surface area contributed by atoms with Crippen molar-refractivity contribution in [2.45, 2.75) is 37.8 Å². The molecular formula is C14H20FNO2. The van der Waals surface area contributed by atoms with Gasteiger partial charge in [0, 0.05) is 18.0 Å². The highest BCUT2D eigenvalue weighted by molar-refractivity contribution is 5.22. The Kier molecular flexibility index (Phi) is 4.19. The van der Waals surface area contributed by atoms with Gasteiger partial charge in [0.2, 0.25) is 0 Å². The molecule has 0 aromatic heterocycles. The van der Waals surface area contributed by atoms with Crippen molar-refractivity contribution in [1.29, 1.82) is 0 Å². The lowest BCUT2D eigenvalue weighted by Crippen LogP contribution is -2.48. The molecule has 0 bridgehead atoms. The Morgan fingerprint density at radius 2 is 2.06 bits per heavy atom. The van der Waals surface area contributed by atoms with E-state index in [1.54, 1.807) is 12.1 Å². The number of halogens is 1. The summed E-state index contributed by atoms with van der Waals surface area (Å²) in [7, 11) is 0. The third-order valence-electron chi connectivity index (χ3n) is 3.22. The van der Waals surface area contributed by atoms with Crippen LogP contribution in [0.3, 0.4) is 0 Å². The molecule has 0 aliphatic heterocycles. The molecule has 0 saturated heterocycles. The lowest BCUT2D eigenvalue weighted by atomic mass is 9.99. The van der Waals surface area contributed by atoms with Crippen LogP contribution in [0.5, 0.6) is 5.75 Å². The molecule has 4 heteroatoms. The topological polar surface area (TPSA) is 41.5 Å². The summed E-state index contributed by atoms with van der Waals surface area (Å²) in [5.41, 5.74) is -0.290. The quantitative estimate of drug-likeness (QED) is 0.782. The molecule has 100 valence electrons. The highest BCUT2D eigenvalue weighted by atomic mass is 19.1. The van der Waals surface area contributed by atoms with Gasteiger partial charge >= 0.3 is 0 Å². The zero-order valence-electron chi connectivity index (χ0n) is 10.7. The van der Waals surface area contributed by atoms with E-state index in [-0.39, 0.29) is 18.0 Å². The molecule has 1 fully saturated rings. The zero-order chi connectivity index (χ0) is 13.0. The maximum atomic E-state index is 12.7. The van der Waals surface area contributed by atoms with Gasteiger partial charge in [-0.1, -0.05) is 0 Å². The normalized spacial score (nSPS) is 18.4. The monoisotopic (exact) mass is 253 g/mol. The van der Waals surface area contributed by atoms with Gasteiger partial charge in [-0.3, -0.25) is 0 Å². The van der Waals surface area contributed by atoms with E-state index in [1.807, 2.05) is 6.92 Å².